The highest BCUT2D eigenvalue weighted by molar-refractivity contribution is 5.93. The molecule has 2 fully saturated rings. The average Bonchev–Trinajstić information content (AvgIpc) is 3.30. The molecule has 1 amide bonds. The summed E-state index contributed by atoms with van der Waals surface area (Å²) in [6.45, 7) is 4.71. The van der Waals surface area contributed by atoms with Crippen LogP contribution in [0.4, 0.5) is 0 Å². The Hall–Kier alpha value is -2.57. The van der Waals surface area contributed by atoms with E-state index >= 15 is 0 Å². The van der Waals surface area contributed by atoms with Crippen molar-refractivity contribution < 1.29 is 14.3 Å². The summed E-state index contributed by atoms with van der Waals surface area (Å²) in [5, 5.41) is 8.46. The van der Waals surface area contributed by atoms with Crippen LogP contribution in [0.15, 0.2) is 18.2 Å². The Labute approximate surface area is 158 Å². The van der Waals surface area contributed by atoms with Crippen molar-refractivity contribution in [3.63, 3.8) is 0 Å². The van der Waals surface area contributed by atoms with E-state index in [2.05, 4.69) is 10.3 Å². The predicted molar refractivity (Wildman–Crippen MR) is 98.4 cm³/mol. The summed E-state index contributed by atoms with van der Waals surface area (Å²) in [7, 11) is 0. The molecule has 1 saturated heterocycles. The van der Waals surface area contributed by atoms with Crippen LogP contribution in [0.1, 0.15) is 41.9 Å². The maximum Gasteiger partial charge on any atom is 0.276 e. The van der Waals surface area contributed by atoms with Crippen LogP contribution in [0, 0.1) is 18.8 Å². The average molecular weight is 368 g/mol. The van der Waals surface area contributed by atoms with Gasteiger partial charge in [0.05, 0.1) is 11.4 Å². The highest BCUT2D eigenvalue weighted by Gasteiger charge is 2.38. The summed E-state index contributed by atoms with van der Waals surface area (Å²) in [5.41, 5.74) is 2.02. The first-order chi connectivity index (χ1) is 13.2. The van der Waals surface area contributed by atoms with Gasteiger partial charge in [-0.2, -0.15) is 0 Å². The van der Waals surface area contributed by atoms with Crippen LogP contribution in [0.3, 0.4) is 0 Å². The molecule has 1 aromatic heterocycles. The Bertz CT molecular complexity index is 864. The van der Waals surface area contributed by atoms with E-state index in [1.54, 1.807) is 4.68 Å². The molecule has 3 aliphatic rings. The van der Waals surface area contributed by atoms with Gasteiger partial charge in [-0.1, -0.05) is 18.1 Å². The number of aromatic nitrogens is 3. The second kappa shape index (κ2) is 6.55. The van der Waals surface area contributed by atoms with Crippen LogP contribution in [0.5, 0.6) is 11.5 Å². The van der Waals surface area contributed by atoms with Gasteiger partial charge in [0, 0.05) is 19.2 Å². The van der Waals surface area contributed by atoms with Gasteiger partial charge >= 0.3 is 0 Å². The number of hydrogen-bond acceptors (Lipinski definition) is 5. The molecule has 5 rings (SSSR count). The van der Waals surface area contributed by atoms with Crippen LogP contribution < -0.4 is 9.47 Å². The lowest BCUT2D eigenvalue weighted by Gasteiger charge is -2.22. The molecule has 7 heteroatoms. The molecule has 0 unspecified atom stereocenters. The summed E-state index contributed by atoms with van der Waals surface area (Å²) >= 11 is 0. The van der Waals surface area contributed by atoms with Crippen LogP contribution in [-0.4, -0.2) is 52.1 Å². The van der Waals surface area contributed by atoms with Crippen LogP contribution >= 0.6 is 0 Å². The highest BCUT2D eigenvalue weighted by Crippen LogP contribution is 2.37. The Morgan fingerprint density at radius 1 is 1.07 bits per heavy atom. The minimum atomic E-state index is 0.00527. The zero-order valence-corrected chi connectivity index (χ0v) is 15.6. The Kier molecular flexibility index (Phi) is 4.02. The minimum Gasteiger partial charge on any atom is -0.486 e. The van der Waals surface area contributed by atoms with Crippen LogP contribution in [-0.2, 0) is 0 Å². The van der Waals surface area contributed by atoms with E-state index < -0.39 is 0 Å². The minimum absolute atomic E-state index is 0.00527. The molecule has 2 aromatic rings. The molecule has 1 aliphatic carbocycles. The van der Waals surface area contributed by atoms with Crippen molar-refractivity contribution in [2.24, 2.45) is 11.8 Å². The maximum atomic E-state index is 13.1. The zero-order chi connectivity index (χ0) is 18.4. The van der Waals surface area contributed by atoms with Crippen molar-refractivity contribution in [1.29, 1.82) is 0 Å². The molecule has 2 atom stereocenters. The van der Waals surface area contributed by atoms with Gasteiger partial charge in [-0.05, 0) is 43.7 Å². The second-order valence-electron chi connectivity index (χ2n) is 7.78. The van der Waals surface area contributed by atoms with Crippen molar-refractivity contribution in [3.8, 4) is 17.2 Å². The lowest BCUT2D eigenvalue weighted by atomic mass is 9.82. The monoisotopic (exact) mass is 368 g/mol. The lowest BCUT2D eigenvalue weighted by Crippen LogP contribution is -2.30. The molecule has 2 aliphatic heterocycles. The highest BCUT2D eigenvalue weighted by atomic mass is 16.6. The fourth-order valence-electron chi connectivity index (χ4n) is 4.66. The van der Waals surface area contributed by atoms with E-state index in [1.807, 2.05) is 30.0 Å². The molecular formula is C20H24N4O3. The van der Waals surface area contributed by atoms with Gasteiger partial charge in [0.25, 0.3) is 5.91 Å². The number of hydrogen-bond donors (Lipinski definition) is 0. The number of carbonyl (C=O) groups is 1. The molecule has 142 valence electrons. The number of rotatable bonds is 2. The third-order valence-electron chi connectivity index (χ3n) is 6.13. The second-order valence-corrected chi connectivity index (χ2v) is 7.78. The van der Waals surface area contributed by atoms with E-state index in [0.717, 1.165) is 30.2 Å². The Morgan fingerprint density at radius 3 is 2.52 bits per heavy atom. The number of likely N-dealkylation sites (tertiary alicyclic amines) is 1. The predicted octanol–water partition coefficient (Wildman–Crippen LogP) is 2.61. The number of fused-ring (bicyclic) bond motifs is 2. The number of benzene rings is 1. The first-order valence-corrected chi connectivity index (χ1v) is 9.82. The molecule has 0 radical (unpaired) electrons. The zero-order valence-electron chi connectivity index (χ0n) is 15.6. The van der Waals surface area contributed by atoms with Gasteiger partial charge in [0.2, 0.25) is 0 Å². The molecule has 27 heavy (non-hydrogen) atoms. The fourth-order valence-corrected chi connectivity index (χ4v) is 4.66. The van der Waals surface area contributed by atoms with Gasteiger partial charge in [-0.25, -0.2) is 4.68 Å². The molecule has 0 bridgehead atoms. The first-order valence-electron chi connectivity index (χ1n) is 9.82. The summed E-state index contributed by atoms with van der Waals surface area (Å²) in [5.74, 6) is 2.77. The van der Waals surface area contributed by atoms with Crippen molar-refractivity contribution in [3.05, 3.63) is 29.6 Å². The molecule has 7 nitrogen and oxygen atoms in total. The van der Waals surface area contributed by atoms with Gasteiger partial charge in [-0.15, -0.1) is 5.10 Å². The van der Waals surface area contributed by atoms with Crippen molar-refractivity contribution in [1.82, 2.24) is 19.9 Å². The summed E-state index contributed by atoms with van der Waals surface area (Å²) in [6.07, 6.45) is 5.08. The number of ether oxygens (including phenoxy) is 2. The normalized spacial score (nSPS) is 24.0. The third-order valence-corrected chi connectivity index (χ3v) is 6.13. The molecule has 1 aromatic carbocycles. The standard InChI is InChI=1S/C20H24N4O3/c1-13-19(20(25)23-11-14-4-2-3-5-15(14)12-23)21-22-24(13)16-6-7-17-18(10-16)27-9-8-26-17/h6-7,10,14-15H,2-5,8-9,11-12H2,1H3/t14-,15-/m1/s1. The van der Waals surface area contributed by atoms with E-state index in [0.29, 0.717) is 36.5 Å². The summed E-state index contributed by atoms with van der Waals surface area (Å²) in [4.78, 5) is 15.0. The summed E-state index contributed by atoms with van der Waals surface area (Å²) < 4.78 is 12.9. The van der Waals surface area contributed by atoms with E-state index in [4.69, 9.17) is 9.47 Å². The molecular weight excluding hydrogens is 344 g/mol. The van der Waals surface area contributed by atoms with Gasteiger partial charge in [-0.3, -0.25) is 4.79 Å². The number of carbonyl (C=O) groups excluding carboxylic acids is 1. The first kappa shape index (κ1) is 16.6. The third kappa shape index (κ3) is 2.85. The van der Waals surface area contributed by atoms with Gasteiger partial charge < -0.3 is 14.4 Å². The van der Waals surface area contributed by atoms with Gasteiger partial charge in [0.15, 0.2) is 17.2 Å². The van der Waals surface area contributed by atoms with Gasteiger partial charge in [0.1, 0.15) is 13.2 Å². The molecule has 1 saturated carbocycles. The van der Waals surface area contributed by atoms with Crippen LogP contribution in [0.2, 0.25) is 0 Å². The number of amides is 1. The van der Waals surface area contributed by atoms with Crippen molar-refractivity contribution in [2.45, 2.75) is 32.6 Å². The van der Waals surface area contributed by atoms with E-state index in [1.165, 1.54) is 25.7 Å². The van der Waals surface area contributed by atoms with E-state index in [9.17, 15) is 4.79 Å². The van der Waals surface area contributed by atoms with Crippen molar-refractivity contribution >= 4 is 5.91 Å². The quantitative estimate of drug-likeness (QED) is 0.815. The summed E-state index contributed by atoms with van der Waals surface area (Å²) in [6, 6.07) is 5.67. The fraction of sp³-hybridized carbons (Fsp3) is 0.550. The Morgan fingerprint density at radius 2 is 1.78 bits per heavy atom. The van der Waals surface area contributed by atoms with Crippen molar-refractivity contribution in [2.75, 3.05) is 26.3 Å². The maximum absolute atomic E-state index is 13.1. The largest absolute Gasteiger partial charge is 0.486 e. The Balaban J connectivity index is 1.39. The molecule has 3 heterocycles. The topological polar surface area (TPSA) is 69.5 Å². The molecule has 0 spiro atoms. The number of nitrogens with zero attached hydrogens (tertiary/aromatic N) is 4. The smallest absolute Gasteiger partial charge is 0.276 e. The molecule has 0 N–H and O–H groups in total. The lowest BCUT2D eigenvalue weighted by molar-refractivity contribution is 0.0777. The van der Waals surface area contributed by atoms with E-state index in [-0.39, 0.29) is 5.91 Å². The van der Waals surface area contributed by atoms with Crippen LogP contribution in [0.25, 0.3) is 5.69 Å². The SMILES string of the molecule is Cc1c(C(=O)N2C[C@H]3CCCC[C@@H]3C2)nnn1-c1ccc2c(c1)OCCO2.